The second-order valence-corrected chi connectivity index (χ2v) is 7.61. The Kier molecular flexibility index (Phi) is 6.43. The number of nitrogens with zero attached hydrogens (tertiary/aromatic N) is 2. The summed E-state index contributed by atoms with van der Waals surface area (Å²) in [4.78, 5) is 2.06. The van der Waals surface area contributed by atoms with E-state index in [1.807, 2.05) is 55.6 Å². The van der Waals surface area contributed by atoms with Gasteiger partial charge in [0.05, 0.1) is 31.1 Å². The number of rotatable bonds is 7. The van der Waals surface area contributed by atoms with Gasteiger partial charge in [-0.05, 0) is 66.2 Å². The molecule has 0 bridgehead atoms. The van der Waals surface area contributed by atoms with E-state index in [0.717, 1.165) is 33.7 Å². The molecule has 0 aliphatic rings. The van der Waals surface area contributed by atoms with Crippen LogP contribution in [-0.4, -0.2) is 29.5 Å². The molecule has 3 aromatic carbocycles. The largest absolute Gasteiger partial charge is 0.497 e. The van der Waals surface area contributed by atoms with E-state index in [1.165, 1.54) is 12.1 Å². The van der Waals surface area contributed by atoms with Crippen molar-refractivity contribution < 1.29 is 14.2 Å². The number of aliphatic hydroxyl groups is 1. The van der Waals surface area contributed by atoms with E-state index in [1.54, 1.807) is 19.2 Å². The minimum absolute atomic E-state index is 0.222. The number of aliphatic hydroxyl groups excluding tert-OH is 1. The van der Waals surface area contributed by atoms with E-state index in [4.69, 9.17) is 11.2 Å². The Hall–Kier alpha value is -4.08. The Bertz CT molecular complexity index is 1260. The van der Waals surface area contributed by atoms with Gasteiger partial charge in [-0.25, -0.2) is 4.39 Å². The van der Waals surface area contributed by atoms with Crippen molar-refractivity contribution in [2.45, 2.75) is 12.6 Å². The number of hydrogen-bond donors (Lipinski definition) is 2. The Morgan fingerprint density at radius 1 is 1.06 bits per heavy atom. The topological polar surface area (TPSA) is 61.4 Å². The van der Waals surface area contributed by atoms with Gasteiger partial charge in [-0.1, -0.05) is 18.1 Å². The number of aromatic nitrogens is 2. The maximum atomic E-state index is 13.8. The van der Waals surface area contributed by atoms with Crippen molar-refractivity contribution in [3.8, 4) is 29.4 Å². The zero-order chi connectivity index (χ0) is 23.4. The van der Waals surface area contributed by atoms with Gasteiger partial charge < -0.3 is 14.7 Å². The Balaban J connectivity index is 1.89. The number of ether oxygens (including phenoxy) is 1. The van der Waals surface area contributed by atoms with Crippen molar-refractivity contribution in [3.05, 3.63) is 101 Å². The lowest BCUT2D eigenvalue weighted by Gasteiger charge is -2.31. The molecule has 6 heteroatoms. The van der Waals surface area contributed by atoms with Gasteiger partial charge in [0.2, 0.25) is 0 Å². The molecule has 5 nitrogen and oxygen atoms in total. The van der Waals surface area contributed by atoms with Crippen LogP contribution < -0.4 is 9.64 Å². The predicted octanol–water partition coefficient (Wildman–Crippen LogP) is 4.92. The summed E-state index contributed by atoms with van der Waals surface area (Å²) in [6.45, 7) is -0.222. The highest BCUT2D eigenvalue weighted by Gasteiger charge is 2.28. The number of halogens is 1. The van der Waals surface area contributed by atoms with E-state index in [0.29, 0.717) is 11.4 Å². The van der Waals surface area contributed by atoms with E-state index < -0.39 is 0 Å². The highest BCUT2D eigenvalue weighted by atomic mass is 19.1. The third-order valence-electron chi connectivity index (χ3n) is 5.69. The fraction of sp³-hybridized carbons (Fsp3) is 0.148. The van der Waals surface area contributed by atoms with Gasteiger partial charge in [0.25, 0.3) is 0 Å². The lowest BCUT2D eigenvalue weighted by Crippen LogP contribution is -2.26. The molecule has 166 valence electrons. The Labute approximate surface area is 192 Å². The van der Waals surface area contributed by atoms with Crippen molar-refractivity contribution in [1.29, 1.82) is 0 Å². The third-order valence-corrected chi connectivity index (χ3v) is 5.69. The summed E-state index contributed by atoms with van der Waals surface area (Å²) in [5.41, 5.74) is 5.50. The molecule has 0 aliphatic carbocycles. The smallest absolute Gasteiger partial charge is 0.123 e. The number of methoxy groups -OCH3 is 1. The molecule has 0 radical (unpaired) electrons. The van der Waals surface area contributed by atoms with Crippen molar-refractivity contribution >= 4 is 5.69 Å². The third kappa shape index (κ3) is 4.45. The van der Waals surface area contributed by atoms with Crippen LogP contribution in [0.1, 0.15) is 28.4 Å². The highest BCUT2D eigenvalue weighted by Crippen LogP contribution is 2.39. The van der Waals surface area contributed by atoms with E-state index >= 15 is 0 Å². The quantitative estimate of drug-likeness (QED) is 0.400. The number of anilines is 1. The maximum absolute atomic E-state index is 13.8. The lowest BCUT2D eigenvalue weighted by atomic mass is 9.92. The fourth-order valence-electron chi connectivity index (χ4n) is 3.94. The number of hydrogen-bond acceptors (Lipinski definition) is 4. The fourth-order valence-corrected chi connectivity index (χ4v) is 3.94. The maximum Gasteiger partial charge on any atom is 0.123 e. The van der Waals surface area contributed by atoms with Crippen LogP contribution in [-0.2, 0) is 6.61 Å². The van der Waals surface area contributed by atoms with Gasteiger partial charge in [-0.2, -0.15) is 5.10 Å². The van der Waals surface area contributed by atoms with Crippen molar-refractivity contribution in [2.75, 3.05) is 19.1 Å². The van der Waals surface area contributed by atoms with Crippen LogP contribution in [0.25, 0.3) is 11.3 Å². The van der Waals surface area contributed by atoms with Crippen molar-refractivity contribution in [2.24, 2.45) is 0 Å². The first-order valence-corrected chi connectivity index (χ1v) is 10.4. The summed E-state index contributed by atoms with van der Waals surface area (Å²) in [5, 5.41) is 17.6. The van der Waals surface area contributed by atoms with Crippen LogP contribution >= 0.6 is 0 Å². The van der Waals surface area contributed by atoms with Gasteiger partial charge in [0.15, 0.2) is 0 Å². The molecule has 0 amide bonds. The second kappa shape index (κ2) is 9.60. The average Bonchev–Trinajstić information content (AvgIpc) is 3.29. The van der Waals surface area contributed by atoms with Crippen LogP contribution in [0, 0.1) is 18.2 Å². The molecular formula is C27H24FN3O2. The molecule has 0 saturated heterocycles. The minimum atomic E-state index is -0.361. The molecule has 0 saturated carbocycles. The van der Waals surface area contributed by atoms with Crippen molar-refractivity contribution in [1.82, 2.24) is 10.2 Å². The molecular weight excluding hydrogens is 417 g/mol. The molecule has 1 heterocycles. The van der Waals surface area contributed by atoms with Crippen molar-refractivity contribution in [3.63, 3.8) is 0 Å². The molecule has 1 aromatic heterocycles. The van der Waals surface area contributed by atoms with Gasteiger partial charge in [-0.3, -0.25) is 5.10 Å². The second-order valence-electron chi connectivity index (χ2n) is 7.61. The summed E-state index contributed by atoms with van der Waals surface area (Å²) in [6, 6.07) is 21.2. The minimum Gasteiger partial charge on any atom is -0.497 e. The van der Waals surface area contributed by atoms with Crippen LogP contribution in [0.15, 0.2) is 72.8 Å². The summed E-state index contributed by atoms with van der Waals surface area (Å²) in [7, 11) is 3.56. The lowest BCUT2D eigenvalue weighted by molar-refractivity contribution is 0.275. The normalized spacial score (nSPS) is 11.6. The van der Waals surface area contributed by atoms with Crippen LogP contribution in [0.5, 0.6) is 5.75 Å². The van der Waals surface area contributed by atoms with E-state index in [2.05, 4.69) is 21.0 Å². The number of aromatic amines is 1. The molecule has 33 heavy (non-hydrogen) atoms. The number of H-pyrrole nitrogens is 1. The zero-order valence-electron chi connectivity index (χ0n) is 18.4. The number of benzene rings is 3. The van der Waals surface area contributed by atoms with Gasteiger partial charge >= 0.3 is 0 Å². The predicted molar refractivity (Wildman–Crippen MR) is 128 cm³/mol. The van der Waals surface area contributed by atoms with E-state index in [9.17, 15) is 9.50 Å². The highest BCUT2D eigenvalue weighted by molar-refractivity contribution is 5.68. The standard InChI is InChI=1S/C27H24FN3O2/c1-4-18-5-13-22(14-6-18)31(2)27(20-7-11-21(28)12-8-20)25-24(17-32)29-30-26(25)19-9-15-23(33-3)16-10-19/h1,5-16,27,32H,17H2,2-3H3,(H,29,30). The summed E-state index contributed by atoms with van der Waals surface area (Å²) in [5.74, 6) is 3.05. The molecule has 0 spiro atoms. The molecule has 0 aliphatic heterocycles. The SMILES string of the molecule is C#Cc1ccc(N(C)C(c2ccc(F)cc2)c2c(-c3ccc(OC)cc3)n[nH]c2CO)cc1. The molecule has 1 unspecified atom stereocenters. The van der Waals surface area contributed by atoms with Gasteiger partial charge in [0.1, 0.15) is 11.6 Å². The van der Waals surface area contributed by atoms with Crippen LogP contribution in [0.2, 0.25) is 0 Å². The molecule has 1 atom stereocenters. The number of nitrogens with one attached hydrogen (secondary N) is 1. The zero-order valence-corrected chi connectivity index (χ0v) is 18.4. The summed E-state index contributed by atoms with van der Waals surface area (Å²) in [6.07, 6.45) is 5.51. The summed E-state index contributed by atoms with van der Waals surface area (Å²) < 4.78 is 19.0. The first kappa shape index (κ1) is 22.1. The monoisotopic (exact) mass is 441 g/mol. The average molecular weight is 442 g/mol. The molecule has 4 rings (SSSR count). The first-order chi connectivity index (χ1) is 16.0. The molecule has 4 aromatic rings. The first-order valence-electron chi connectivity index (χ1n) is 10.4. The van der Waals surface area contributed by atoms with Crippen LogP contribution in [0.4, 0.5) is 10.1 Å². The summed E-state index contributed by atoms with van der Waals surface area (Å²) >= 11 is 0. The van der Waals surface area contributed by atoms with Gasteiger partial charge in [-0.15, -0.1) is 6.42 Å². The molecule has 0 fully saturated rings. The molecule has 2 N–H and O–H groups in total. The van der Waals surface area contributed by atoms with E-state index in [-0.39, 0.29) is 18.5 Å². The van der Waals surface area contributed by atoms with Gasteiger partial charge in [0, 0.05) is 29.4 Å². The Morgan fingerprint density at radius 3 is 2.30 bits per heavy atom. The Morgan fingerprint density at radius 2 is 1.73 bits per heavy atom. The van der Waals surface area contributed by atoms with Crippen LogP contribution in [0.3, 0.4) is 0 Å². The number of terminal acetylenes is 1.